The van der Waals surface area contributed by atoms with Gasteiger partial charge in [0.2, 0.25) is 0 Å². The molecule has 2 unspecified atom stereocenters. The lowest BCUT2D eigenvalue weighted by Crippen LogP contribution is -2.12. The monoisotopic (exact) mass is 228 g/mol. The lowest BCUT2D eigenvalue weighted by atomic mass is 9.89. The van der Waals surface area contributed by atoms with Crippen LogP contribution in [-0.2, 0) is 9.54 Å². The van der Waals surface area contributed by atoms with Gasteiger partial charge in [-0.15, -0.1) is 11.8 Å². The summed E-state index contributed by atoms with van der Waals surface area (Å²) in [6.07, 6.45) is 6.24. The van der Waals surface area contributed by atoms with Crippen LogP contribution >= 0.6 is 11.8 Å². The molecule has 2 aliphatic rings. The summed E-state index contributed by atoms with van der Waals surface area (Å²) in [5, 5.41) is 0.443. The maximum Gasteiger partial charge on any atom is 0.159 e. The molecule has 1 aliphatic carbocycles. The third-order valence-electron chi connectivity index (χ3n) is 3.16. The molecule has 3 rings (SSSR count). The summed E-state index contributed by atoms with van der Waals surface area (Å²) in [7, 11) is 0. The van der Waals surface area contributed by atoms with Gasteiger partial charge in [0, 0.05) is 10.8 Å². The number of carbonyl (C=O) groups is 1. The van der Waals surface area contributed by atoms with Crippen molar-refractivity contribution >= 4 is 17.5 Å². The molecule has 80 valence electrons. The van der Waals surface area contributed by atoms with Crippen molar-refractivity contribution in [2.45, 2.75) is 16.9 Å². The molecule has 2 atom stereocenters. The van der Waals surface area contributed by atoms with E-state index >= 15 is 0 Å². The molecule has 1 heterocycles. The van der Waals surface area contributed by atoms with E-state index in [9.17, 15) is 4.79 Å². The lowest BCUT2D eigenvalue weighted by molar-refractivity contribution is -0.113. The number of ketones is 1. The molecule has 1 saturated heterocycles. The number of thioether (sulfide) groups is 1. The molecule has 1 fully saturated rings. The van der Waals surface area contributed by atoms with Crippen LogP contribution in [0, 0.1) is 0 Å². The summed E-state index contributed by atoms with van der Waals surface area (Å²) in [6.45, 7) is 1.62. The number of carbonyl (C=O) groups excluding carboxylic acids is 1. The Morgan fingerprint density at radius 3 is 2.69 bits per heavy atom. The summed E-state index contributed by atoms with van der Waals surface area (Å²) in [4.78, 5) is 11.3. The first-order chi connectivity index (χ1) is 7.72. The zero-order valence-corrected chi connectivity index (χ0v) is 9.83. The second-order valence-electron chi connectivity index (χ2n) is 4.21. The highest BCUT2D eigenvalue weighted by Gasteiger charge is 2.54. The maximum atomic E-state index is 11.3. The van der Waals surface area contributed by atoms with Crippen molar-refractivity contribution in [3.8, 4) is 0 Å². The Bertz CT molecular complexity index is 501. The van der Waals surface area contributed by atoms with E-state index in [0.29, 0.717) is 5.25 Å². The fourth-order valence-electron chi connectivity index (χ4n) is 2.16. The Balaban J connectivity index is 1.94. The zero-order chi connectivity index (χ0) is 11.2. The van der Waals surface area contributed by atoms with Crippen molar-refractivity contribution in [2.75, 3.05) is 0 Å². The molecule has 1 aliphatic heterocycles. The first kappa shape index (κ1) is 9.91. The summed E-state index contributed by atoms with van der Waals surface area (Å²) in [5.41, 5.74) is 2.18. The van der Waals surface area contributed by atoms with E-state index in [1.807, 2.05) is 23.9 Å². The largest absolute Gasteiger partial charge is 0.295 e. The van der Waals surface area contributed by atoms with E-state index in [2.05, 4.69) is 36.4 Å². The molecular formula is C14H12OS. The third-order valence-corrected chi connectivity index (χ3v) is 4.68. The molecule has 0 amide bonds. The van der Waals surface area contributed by atoms with Gasteiger partial charge in [-0.3, -0.25) is 4.79 Å². The van der Waals surface area contributed by atoms with Gasteiger partial charge < -0.3 is 0 Å². The molecule has 0 spiro atoms. The van der Waals surface area contributed by atoms with E-state index in [-0.39, 0.29) is 10.5 Å². The van der Waals surface area contributed by atoms with E-state index in [0.717, 1.165) is 5.57 Å². The molecule has 1 nitrogen and oxygen atoms in total. The number of hydrogen-bond donors (Lipinski definition) is 0. The van der Waals surface area contributed by atoms with Crippen molar-refractivity contribution in [3.63, 3.8) is 0 Å². The molecule has 2 heteroatoms. The smallest absolute Gasteiger partial charge is 0.159 e. The van der Waals surface area contributed by atoms with E-state index in [1.54, 1.807) is 6.92 Å². The average molecular weight is 228 g/mol. The minimum atomic E-state index is 0.111. The van der Waals surface area contributed by atoms with E-state index in [4.69, 9.17) is 0 Å². The summed E-state index contributed by atoms with van der Waals surface area (Å²) >= 11 is 1.91. The molecular weight excluding hydrogens is 216 g/mol. The lowest BCUT2D eigenvalue weighted by Gasteiger charge is -2.13. The molecule has 0 saturated carbocycles. The number of allylic oxidation sites excluding steroid dienone is 2. The van der Waals surface area contributed by atoms with Crippen molar-refractivity contribution < 1.29 is 4.79 Å². The van der Waals surface area contributed by atoms with Gasteiger partial charge in [-0.1, -0.05) is 48.6 Å². The number of benzene rings is 1. The number of rotatable bonds is 2. The van der Waals surface area contributed by atoms with E-state index < -0.39 is 0 Å². The van der Waals surface area contributed by atoms with Gasteiger partial charge in [-0.2, -0.15) is 0 Å². The summed E-state index contributed by atoms with van der Waals surface area (Å²) in [6, 6.07) is 10.5. The number of Topliss-reactive ketones (excluding diaryl/α,β-unsaturated/α-hetero) is 1. The summed E-state index contributed by atoms with van der Waals surface area (Å²) in [5.74, 6) is 0.158. The van der Waals surface area contributed by atoms with Gasteiger partial charge in [0.05, 0.1) is 4.75 Å². The van der Waals surface area contributed by atoms with Crippen LogP contribution in [-0.4, -0.2) is 11.0 Å². The SMILES string of the molecule is CC(=O)C1=CC2SC2(c2ccccc2)C=C1. The Hall–Kier alpha value is -1.28. The highest BCUT2D eigenvalue weighted by molar-refractivity contribution is 8.08. The maximum absolute atomic E-state index is 11.3. The highest BCUT2D eigenvalue weighted by atomic mass is 32.2. The van der Waals surface area contributed by atoms with Gasteiger partial charge in [0.1, 0.15) is 0 Å². The van der Waals surface area contributed by atoms with Crippen molar-refractivity contribution in [1.29, 1.82) is 0 Å². The normalized spacial score (nSPS) is 30.6. The molecule has 0 radical (unpaired) electrons. The summed E-state index contributed by atoms with van der Waals surface area (Å²) < 4.78 is 0.111. The predicted molar refractivity (Wildman–Crippen MR) is 67.4 cm³/mol. The minimum Gasteiger partial charge on any atom is -0.295 e. The van der Waals surface area contributed by atoms with Gasteiger partial charge in [0.15, 0.2) is 5.78 Å². The fourth-order valence-corrected chi connectivity index (χ4v) is 3.43. The van der Waals surface area contributed by atoms with Gasteiger partial charge in [0.25, 0.3) is 0 Å². The van der Waals surface area contributed by atoms with E-state index in [1.165, 1.54) is 5.56 Å². The molecule has 1 aromatic rings. The van der Waals surface area contributed by atoms with Gasteiger partial charge in [-0.05, 0) is 12.5 Å². The van der Waals surface area contributed by atoms with Crippen LogP contribution in [0.15, 0.2) is 54.1 Å². The first-order valence-electron chi connectivity index (χ1n) is 5.38. The van der Waals surface area contributed by atoms with Crippen molar-refractivity contribution in [1.82, 2.24) is 0 Å². The van der Waals surface area contributed by atoms with Crippen LogP contribution in [0.3, 0.4) is 0 Å². The van der Waals surface area contributed by atoms with Crippen LogP contribution in [0.4, 0.5) is 0 Å². The average Bonchev–Trinajstić information content (AvgIpc) is 3.04. The Kier molecular flexibility index (Phi) is 2.08. The van der Waals surface area contributed by atoms with Crippen LogP contribution in [0.2, 0.25) is 0 Å². The fraction of sp³-hybridized carbons (Fsp3) is 0.214. The first-order valence-corrected chi connectivity index (χ1v) is 6.26. The Morgan fingerprint density at radius 2 is 2.06 bits per heavy atom. The van der Waals surface area contributed by atoms with Gasteiger partial charge >= 0.3 is 0 Å². The topological polar surface area (TPSA) is 17.1 Å². The Labute approximate surface area is 99.2 Å². The molecule has 0 N–H and O–H groups in total. The second kappa shape index (κ2) is 3.36. The molecule has 16 heavy (non-hydrogen) atoms. The molecule has 0 bridgehead atoms. The van der Waals surface area contributed by atoms with Crippen LogP contribution in [0.1, 0.15) is 12.5 Å². The second-order valence-corrected chi connectivity index (χ2v) is 5.63. The highest BCUT2D eigenvalue weighted by Crippen LogP contribution is 2.64. The third kappa shape index (κ3) is 1.37. The molecule has 0 aromatic heterocycles. The van der Waals surface area contributed by atoms with Gasteiger partial charge in [-0.25, -0.2) is 0 Å². The predicted octanol–water partition coefficient (Wildman–Crippen LogP) is 3.08. The standard InChI is InChI=1S/C14H12OS/c1-10(15)11-7-8-14(13(9-11)16-14)12-5-3-2-4-6-12/h2-9,13H,1H3. The Morgan fingerprint density at radius 1 is 1.31 bits per heavy atom. The zero-order valence-electron chi connectivity index (χ0n) is 9.01. The minimum absolute atomic E-state index is 0.111. The van der Waals surface area contributed by atoms with Crippen LogP contribution in [0.5, 0.6) is 0 Å². The number of hydrogen-bond acceptors (Lipinski definition) is 2. The van der Waals surface area contributed by atoms with Crippen molar-refractivity contribution in [3.05, 3.63) is 59.7 Å². The van der Waals surface area contributed by atoms with Crippen molar-refractivity contribution in [2.24, 2.45) is 0 Å². The molecule has 1 aromatic carbocycles. The number of fused-ring (bicyclic) bond motifs is 1. The van der Waals surface area contributed by atoms with Crippen LogP contribution in [0.25, 0.3) is 0 Å². The van der Waals surface area contributed by atoms with Crippen LogP contribution < -0.4 is 0 Å². The quantitative estimate of drug-likeness (QED) is 0.724.